The van der Waals surface area contributed by atoms with Gasteiger partial charge in [-0.15, -0.1) is 0 Å². The van der Waals surface area contributed by atoms with E-state index in [0.717, 1.165) is 36.1 Å². The van der Waals surface area contributed by atoms with Gasteiger partial charge in [0.15, 0.2) is 0 Å². The number of hydrogen-bond donors (Lipinski definition) is 2. The summed E-state index contributed by atoms with van der Waals surface area (Å²) in [5.41, 5.74) is 1.69. The lowest BCUT2D eigenvalue weighted by Gasteiger charge is -2.26. The van der Waals surface area contributed by atoms with Crippen molar-refractivity contribution in [3.63, 3.8) is 0 Å². The third-order valence-electron chi connectivity index (χ3n) is 6.77. The Morgan fingerprint density at radius 1 is 1.14 bits per heavy atom. The van der Waals surface area contributed by atoms with Gasteiger partial charge >= 0.3 is 0 Å². The van der Waals surface area contributed by atoms with Crippen molar-refractivity contribution in [3.8, 4) is 17.0 Å². The molecule has 0 bridgehead atoms. The summed E-state index contributed by atoms with van der Waals surface area (Å²) in [5, 5.41) is 6.69. The van der Waals surface area contributed by atoms with Gasteiger partial charge in [0.2, 0.25) is 5.91 Å². The molecule has 3 aromatic rings. The standard InChI is InChI=1S/C28H34N4O3/c1-28(2,27(34)29-16-15-20-8-7-17-32(20)3)31-26(33)23-18-25(19-11-13-21(35-4)14-12-19)30-24-10-6-5-9-22(23)24/h5-6,9-14,18,20H,7-8,15-17H2,1-4H3,(H,29,34)(H,31,33). The second-order valence-electron chi connectivity index (χ2n) is 9.70. The predicted molar refractivity (Wildman–Crippen MR) is 139 cm³/mol. The fourth-order valence-corrected chi connectivity index (χ4v) is 4.60. The molecule has 0 spiro atoms. The molecular formula is C28H34N4O3. The van der Waals surface area contributed by atoms with Crippen LogP contribution < -0.4 is 15.4 Å². The molecule has 7 heteroatoms. The Hall–Kier alpha value is -3.45. The average Bonchev–Trinajstić information content (AvgIpc) is 3.27. The minimum absolute atomic E-state index is 0.194. The van der Waals surface area contributed by atoms with E-state index in [-0.39, 0.29) is 11.8 Å². The molecular weight excluding hydrogens is 440 g/mol. The second kappa shape index (κ2) is 10.4. The summed E-state index contributed by atoms with van der Waals surface area (Å²) in [6.45, 7) is 5.16. The molecule has 1 aliphatic heterocycles. The van der Waals surface area contributed by atoms with Crippen molar-refractivity contribution in [3.05, 3.63) is 60.2 Å². The number of pyridine rings is 1. The lowest BCUT2D eigenvalue weighted by Crippen LogP contribution is -2.55. The molecule has 0 saturated carbocycles. The number of carbonyl (C=O) groups excluding carboxylic acids is 2. The molecule has 7 nitrogen and oxygen atoms in total. The summed E-state index contributed by atoms with van der Waals surface area (Å²) >= 11 is 0. The van der Waals surface area contributed by atoms with Gasteiger partial charge in [-0.3, -0.25) is 9.59 Å². The number of aromatic nitrogens is 1. The number of likely N-dealkylation sites (tertiary alicyclic amines) is 1. The highest BCUT2D eigenvalue weighted by Gasteiger charge is 2.31. The van der Waals surface area contributed by atoms with Crippen molar-refractivity contribution >= 4 is 22.7 Å². The Balaban J connectivity index is 1.52. The van der Waals surface area contributed by atoms with Gasteiger partial charge in [-0.1, -0.05) is 18.2 Å². The fraction of sp³-hybridized carbons (Fsp3) is 0.393. The highest BCUT2D eigenvalue weighted by molar-refractivity contribution is 6.08. The van der Waals surface area contributed by atoms with E-state index in [1.54, 1.807) is 27.0 Å². The molecule has 184 valence electrons. The number of amides is 2. The van der Waals surface area contributed by atoms with Crippen molar-refractivity contribution < 1.29 is 14.3 Å². The Labute approximate surface area is 206 Å². The van der Waals surface area contributed by atoms with Crippen LogP contribution in [-0.4, -0.2) is 60.5 Å². The fourth-order valence-electron chi connectivity index (χ4n) is 4.60. The van der Waals surface area contributed by atoms with Gasteiger partial charge in [-0.05, 0) is 83.1 Å². The largest absolute Gasteiger partial charge is 0.497 e. The van der Waals surface area contributed by atoms with Crippen molar-refractivity contribution in [2.75, 3.05) is 27.2 Å². The van der Waals surface area contributed by atoms with Crippen molar-refractivity contribution in [1.82, 2.24) is 20.5 Å². The maximum Gasteiger partial charge on any atom is 0.252 e. The zero-order chi connectivity index (χ0) is 25.0. The van der Waals surface area contributed by atoms with Gasteiger partial charge in [0.05, 0.1) is 23.9 Å². The number of methoxy groups -OCH3 is 1. The molecule has 1 fully saturated rings. The molecule has 0 aliphatic carbocycles. The molecule has 2 N–H and O–H groups in total. The van der Waals surface area contributed by atoms with Crippen LogP contribution in [0.15, 0.2) is 54.6 Å². The molecule has 1 aromatic heterocycles. The Kier molecular flexibility index (Phi) is 7.36. The zero-order valence-corrected chi connectivity index (χ0v) is 20.9. The van der Waals surface area contributed by atoms with Crippen molar-refractivity contribution in [2.24, 2.45) is 0 Å². The Morgan fingerprint density at radius 3 is 2.57 bits per heavy atom. The number of fused-ring (bicyclic) bond motifs is 1. The second-order valence-corrected chi connectivity index (χ2v) is 9.70. The van der Waals surface area contributed by atoms with Crippen LogP contribution in [0.4, 0.5) is 0 Å². The van der Waals surface area contributed by atoms with Crippen molar-refractivity contribution in [2.45, 2.75) is 44.7 Å². The first-order valence-electron chi connectivity index (χ1n) is 12.1. The summed E-state index contributed by atoms with van der Waals surface area (Å²) in [6.07, 6.45) is 3.28. The predicted octanol–water partition coefficient (Wildman–Crippen LogP) is 4.02. The van der Waals surface area contributed by atoms with Gasteiger partial charge in [0.25, 0.3) is 5.91 Å². The van der Waals surface area contributed by atoms with Gasteiger partial charge < -0.3 is 20.3 Å². The molecule has 1 unspecified atom stereocenters. The van der Waals surface area contributed by atoms with E-state index < -0.39 is 5.54 Å². The quantitative estimate of drug-likeness (QED) is 0.515. The highest BCUT2D eigenvalue weighted by atomic mass is 16.5. The van der Waals surface area contributed by atoms with E-state index >= 15 is 0 Å². The van der Waals surface area contributed by atoms with E-state index in [1.165, 1.54) is 6.42 Å². The van der Waals surface area contributed by atoms with Crippen molar-refractivity contribution in [1.29, 1.82) is 0 Å². The number of ether oxygens (including phenoxy) is 1. The van der Waals surface area contributed by atoms with Gasteiger partial charge in [0, 0.05) is 23.5 Å². The first kappa shape index (κ1) is 24.7. The third-order valence-corrected chi connectivity index (χ3v) is 6.77. The maximum absolute atomic E-state index is 13.4. The third kappa shape index (κ3) is 5.62. The molecule has 2 heterocycles. The molecule has 1 aliphatic rings. The number of nitrogens with zero attached hydrogens (tertiary/aromatic N) is 2. The lowest BCUT2D eigenvalue weighted by molar-refractivity contribution is -0.126. The van der Waals surface area contributed by atoms with Crippen LogP contribution in [0.25, 0.3) is 22.2 Å². The first-order valence-corrected chi connectivity index (χ1v) is 12.1. The van der Waals surface area contributed by atoms with Crippen LogP contribution in [-0.2, 0) is 4.79 Å². The summed E-state index contributed by atoms with van der Waals surface area (Å²) in [4.78, 5) is 33.5. The Morgan fingerprint density at radius 2 is 1.89 bits per heavy atom. The summed E-state index contributed by atoms with van der Waals surface area (Å²) in [7, 11) is 3.75. The summed E-state index contributed by atoms with van der Waals surface area (Å²) in [5.74, 6) is 0.245. The van der Waals surface area contributed by atoms with E-state index in [2.05, 4.69) is 22.6 Å². The van der Waals surface area contributed by atoms with Crippen LogP contribution in [0.2, 0.25) is 0 Å². The number of benzene rings is 2. The molecule has 2 amide bonds. The van der Waals surface area contributed by atoms with E-state index in [0.29, 0.717) is 29.4 Å². The number of hydrogen-bond acceptors (Lipinski definition) is 5. The molecule has 35 heavy (non-hydrogen) atoms. The SMILES string of the molecule is COc1ccc(-c2cc(C(=O)NC(C)(C)C(=O)NCCC3CCCN3C)c3ccccc3n2)cc1. The monoisotopic (exact) mass is 474 g/mol. The Bertz CT molecular complexity index is 1210. The van der Waals surface area contributed by atoms with Crippen LogP contribution >= 0.6 is 0 Å². The summed E-state index contributed by atoms with van der Waals surface area (Å²) in [6, 6.07) is 17.4. The van der Waals surface area contributed by atoms with Gasteiger partial charge in [-0.2, -0.15) is 0 Å². The smallest absolute Gasteiger partial charge is 0.252 e. The summed E-state index contributed by atoms with van der Waals surface area (Å²) < 4.78 is 5.25. The molecule has 4 rings (SSSR count). The molecule has 1 saturated heterocycles. The number of carbonyl (C=O) groups is 2. The topological polar surface area (TPSA) is 83.6 Å². The van der Waals surface area contributed by atoms with Crippen LogP contribution in [0.5, 0.6) is 5.75 Å². The molecule has 0 radical (unpaired) electrons. The minimum atomic E-state index is -1.07. The van der Waals surface area contributed by atoms with Crippen LogP contribution in [0.1, 0.15) is 43.5 Å². The lowest BCUT2D eigenvalue weighted by atomic mass is 10.00. The average molecular weight is 475 g/mol. The first-order chi connectivity index (χ1) is 16.8. The molecule has 2 aromatic carbocycles. The molecule has 1 atom stereocenters. The van der Waals surface area contributed by atoms with Crippen LogP contribution in [0.3, 0.4) is 0 Å². The zero-order valence-electron chi connectivity index (χ0n) is 20.9. The highest BCUT2D eigenvalue weighted by Crippen LogP contribution is 2.27. The van der Waals surface area contributed by atoms with Gasteiger partial charge in [-0.25, -0.2) is 4.98 Å². The number of nitrogens with one attached hydrogen (secondary N) is 2. The maximum atomic E-state index is 13.4. The number of para-hydroxylation sites is 1. The van der Waals surface area contributed by atoms with E-state index in [9.17, 15) is 9.59 Å². The van der Waals surface area contributed by atoms with E-state index in [4.69, 9.17) is 9.72 Å². The normalized spacial score (nSPS) is 16.3. The number of rotatable bonds is 8. The van der Waals surface area contributed by atoms with Crippen LogP contribution in [0, 0.1) is 0 Å². The minimum Gasteiger partial charge on any atom is -0.497 e. The van der Waals surface area contributed by atoms with E-state index in [1.807, 2.05) is 48.5 Å². The van der Waals surface area contributed by atoms with Gasteiger partial charge in [0.1, 0.15) is 11.3 Å².